The van der Waals surface area contributed by atoms with Crippen molar-refractivity contribution in [2.24, 2.45) is 14.1 Å². The number of carbonyl (C=O) groups excluding carboxylic acids is 2. The topological polar surface area (TPSA) is 211 Å². The van der Waals surface area contributed by atoms with Crippen molar-refractivity contribution in [1.82, 2.24) is 49.8 Å². The Labute approximate surface area is 306 Å². The van der Waals surface area contributed by atoms with Crippen LogP contribution < -0.4 is 11.1 Å². The van der Waals surface area contributed by atoms with Gasteiger partial charge in [0.25, 0.3) is 11.1 Å². The van der Waals surface area contributed by atoms with E-state index >= 15 is 0 Å². The van der Waals surface area contributed by atoms with Gasteiger partial charge in [-0.05, 0) is 58.4 Å². The second-order valence-electron chi connectivity index (χ2n) is 10.1. The molecule has 16 nitrogen and oxygen atoms in total. The maximum atomic E-state index is 12.2. The van der Waals surface area contributed by atoms with Crippen LogP contribution in [-0.2, 0) is 14.1 Å². The van der Waals surface area contributed by atoms with Crippen LogP contribution in [0.3, 0.4) is 0 Å². The average Bonchev–Trinajstić information content (AvgIpc) is 3.79. The van der Waals surface area contributed by atoms with Gasteiger partial charge in [0.2, 0.25) is 0 Å². The average molecular weight is 766 g/mol. The molecule has 1 amide bonds. The van der Waals surface area contributed by atoms with E-state index in [1.165, 1.54) is 12.4 Å². The minimum Gasteiger partial charge on any atom is -0.382 e. The van der Waals surface area contributed by atoms with Gasteiger partial charge in [0.1, 0.15) is 39.9 Å². The molecule has 0 fully saturated rings. The first-order valence-electron chi connectivity index (χ1n) is 14.3. The third-order valence-electron chi connectivity index (χ3n) is 6.37. The minimum atomic E-state index is -0.649. The molecule has 20 heteroatoms. The van der Waals surface area contributed by atoms with Crippen LogP contribution in [0.1, 0.15) is 49.3 Å². The monoisotopic (exact) mass is 764 g/mol. The number of nitrogens with one attached hydrogen (secondary N) is 1. The number of hydrogen-bond donors (Lipinski definition) is 2. The highest BCUT2D eigenvalue weighted by atomic mass is 35.5. The summed E-state index contributed by atoms with van der Waals surface area (Å²) in [7, 11) is 3.72. The molecule has 0 unspecified atom stereocenters. The van der Waals surface area contributed by atoms with E-state index in [1.54, 1.807) is 42.5 Å². The molecule has 0 saturated heterocycles. The van der Waals surface area contributed by atoms with Gasteiger partial charge in [-0.15, -0.1) is 23.2 Å². The van der Waals surface area contributed by atoms with Crippen molar-refractivity contribution in [3.05, 3.63) is 81.8 Å². The molecule has 6 rings (SSSR count). The maximum Gasteiger partial charge on any atom is 0.262 e. The number of amides is 1. The predicted molar refractivity (Wildman–Crippen MR) is 189 cm³/mol. The lowest BCUT2D eigenvalue weighted by molar-refractivity contribution is 0.102. The SMILES string of the molecule is Cc1cc(-c2cnc(N)cn2)n(C)n1.Cc1cc(-c2cnc(NC(=O)c3c(C)noc3C)cn2)n(C)n1.Cc1onc(Cl)c1C(=O)Cl.ClCCl. The number of alkyl halides is 2. The standard InChI is InChI=1S/C15H16N6O2.C9H11N5.C5H3Cl2NO2.CH2Cl2/c1-8-5-12(21(4)19-8)11-6-17-13(7-16-11)18-15(22)14-9(2)20-23-10(14)3;1-6-3-8(14(2)13-6)7-4-12-9(10)5-11-7;1-2-3(5(7)9)4(6)8-10-2;2-1-3/h5-7H,1-4H3,(H,17,18,22);3-5H,1-2H3,(H2,10,12);1H3;1H2. The summed E-state index contributed by atoms with van der Waals surface area (Å²) in [6.07, 6.45) is 6.29. The van der Waals surface area contributed by atoms with E-state index in [9.17, 15) is 9.59 Å². The summed E-state index contributed by atoms with van der Waals surface area (Å²) in [6, 6.07) is 3.88. The Morgan fingerprint density at radius 1 is 0.780 bits per heavy atom. The van der Waals surface area contributed by atoms with Gasteiger partial charge >= 0.3 is 0 Å². The van der Waals surface area contributed by atoms with Crippen molar-refractivity contribution in [1.29, 1.82) is 0 Å². The number of nitrogen functional groups attached to an aromatic ring is 1. The molecule has 50 heavy (non-hydrogen) atoms. The van der Waals surface area contributed by atoms with Crippen LogP contribution in [0.25, 0.3) is 22.8 Å². The van der Waals surface area contributed by atoms with Gasteiger partial charge in [0.15, 0.2) is 11.0 Å². The highest BCUT2D eigenvalue weighted by Gasteiger charge is 2.18. The third-order valence-corrected chi connectivity index (χ3v) is 6.82. The molecule has 0 saturated carbocycles. The van der Waals surface area contributed by atoms with Crippen molar-refractivity contribution in [2.75, 3.05) is 16.4 Å². The predicted octanol–water partition coefficient (Wildman–Crippen LogP) is 6.25. The van der Waals surface area contributed by atoms with E-state index in [-0.39, 0.29) is 22.0 Å². The van der Waals surface area contributed by atoms with Crippen molar-refractivity contribution >= 4 is 69.2 Å². The molecule has 0 aliphatic heterocycles. The number of nitrogens with zero attached hydrogens (tertiary/aromatic N) is 10. The largest absolute Gasteiger partial charge is 0.382 e. The van der Waals surface area contributed by atoms with Crippen molar-refractivity contribution in [3.8, 4) is 22.8 Å². The molecule has 0 bridgehead atoms. The molecule has 0 aromatic carbocycles. The maximum absolute atomic E-state index is 12.2. The van der Waals surface area contributed by atoms with Crippen molar-refractivity contribution in [3.63, 3.8) is 0 Å². The van der Waals surface area contributed by atoms with E-state index in [2.05, 4.69) is 50.3 Å². The second kappa shape index (κ2) is 18.2. The van der Waals surface area contributed by atoms with Crippen LogP contribution in [0.4, 0.5) is 11.6 Å². The quantitative estimate of drug-likeness (QED) is 0.147. The lowest BCUT2D eigenvalue weighted by Gasteiger charge is -2.05. The highest BCUT2D eigenvalue weighted by Crippen LogP contribution is 2.21. The molecule has 6 aromatic rings. The summed E-state index contributed by atoms with van der Waals surface area (Å²) in [5, 5.41) is 17.8. The van der Waals surface area contributed by atoms with E-state index in [4.69, 9.17) is 56.7 Å². The number of aryl methyl sites for hydroxylation is 7. The zero-order chi connectivity index (χ0) is 37.1. The first-order chi connectivity index (χ1) is 23.7. The van der Waals surface area contributed by atoms with Gasteiger partial charge in [0, 0.05) is 14.1 Å². The Morgan fingerprint density at radius 2 is 1.28 bits per heavy atom. The molecule has 6 aromatic heterocycles. The van der Waals surface area contributed by atoms with E-state index in [1.807, 2.05) is 40.1 Å². The molecule has 0 atom stereocenters. The highest BCUT2D eigenvalue weighted by molar-refractivity contribution is 6.68. The molecule has 264 valence electrons. The van der Waals surface area contributed by atoms with Gasteiger partial charge < -0.3 is 20.1 Å². The van der Waals surface area contributed by atoms with Crippen LogP contribution in [0, 0.1) is 34.6 Å². The first kappa shape index (κ1) is 39.5. The normalized spacial score (nSPS) is 10.2. The van der Waals surface area contributed by atoms with Crippen molar-refractivity contribution < 1.29 is 18.6 Å². The second-order valence-corrected chi connectivity index (χ2v) is 11.6. The Bertz CT molecular complexity index is 2000. The fraction of sp³-hybridized carbons (Fsp3) is 0.267. The lowest BCUT2D eigenvalue weighted by atomic mass is 10.2. The number of halogens is 4. The Kier molecular flexibility index (Phi) is 14.4. The third kappa shape index (κ3) is 10.5. The van der Waals surface area contributed by atoms with Gasteiger partial charge in [-0.3, -0.25) is 19.0 Å². The summed E-state index contributed by atoms with van der Waals surface area (Å²) in [6.45, 7) is 8.82. The fourth-order valence-corrected chi connectivity index (χ4v) is 4.77. The van der Waals surface area contributed by atoms with Gasteiger partial charge in [-0.1, -0.05) is 21.9 Å². The smallest absolute Gasteiger partial charge is 0.262 e. The Balaban J connectivity index is 0.000000213. The number of anilines is 2. The van der Waals surface area contributed by atoms with Crippen LogP contribution >= 0.6 is 46.4 Å². The minimum absolute atomic E-state index is 0.0116. The molecular formula is C30H32Cl4N12O4. The molecule has 3 N–H and O–H groups in total. The number of rotatable bonds is 5. The molecule has 0 radical (unpaired) electrons. The summed E-state index contributed by atoms with van der Waals surface area (Å²) in [5.41, 5.74) is 11.7. The Hall–Kier alpha value is -4.90. The summed E-state index contributed by atoms with van der Waals surface area (Å²) < 4.78 is 13.1. The van der Waals surface area contributed by atoms with Crippen LogP contribution in [-0.4, -0.2) is 66.3 Å². The molecule has 6 heterocycles. The molecular weight excluding hydrogens is 734 g/mol. The molecule has 0 spiro atoms. The van der Waals surface area contributed by atoms with Crippen molar-refractivity contribution in [2.45, 2.75) is 34.6 Å². The van der Waals surface area contributed by atoms with Gasteiger partial charge in [0.05, 0.1) is 58.6 Å². The summed E-state index contributed by atoms with van der Waals surface area (Å²) in [4.78, 5) is 39.5. The van der Waals surface area contributed by atoms with E-state index in [0.29, 0.717) is 40.1 Å². The van der Waals surface area contributed by atoms with E-state index in [0.717, 1.165) is 28.5 Å². The molecule has 0 aliphatic rings. The first-order valence-corrected chi connectivity index (χ1v) is 16.1. The van der Waals surface area contributed by atoms with Crippen LogP contribution in [0.5, 0.6) is 0 Å². The van der Waals surface area contributed by atoms with E-state index < -0.39 is 5.24 Å². The number of hydrogen-bond acceptors (Lipinski definition) is 13. The van der Waals surface area contributed by atoms with Gasteiger partial charge in [-0.25, -0.2) is 19.9 Å². The summed E-state index contributed by atoms with van der Waals surface area (Å²) in [5.74, 6) is 1.27. The lowest BCUT2D eigenvalue weighted by Crippen LogP contribution is -2.14. The molecule has 0 aliphatic carbocycles. The number of nitrogens with two attached hydrogens (primary N) is 1. The Morgan fingerprint density at radius 3 is 1.62 bits per heavy atom. The van der Waals surface area contributed by atoms with Crippen LogP contribution in [0.15, 0.2) is 46.0 Å². The van der Waals surface area contributed by atoms with Gasteiger partial charge in [-0.2, -0.15) is 10.2 Å². The van der Waals surface area contributed by atoms with Crippen LogP contribution in [0.2, 0.25) is 5.15 Å². The zero-order valence-electron chi connectivity index (χ0n) is 27.9. The summed E-state index contributed by atoms with van der Waals surface area (Å²) >= 11 is 20.1. The number of aromatic nitrogens is 10. The zero-order valence-corrected chi connectivity index (χ0v) is 30.9. The fourth-order valence-electron chi connectivity index (χ4n) is 4.25. The number of carbonyl (C=O) groups is 2.